The van der Waals surface area contributed by atoms with Gasteiger partial charge in [0.15, 0.2) is 0 Å². The van der Waals surface area contributed by atoms with Gasteiger partial charge in [-0.3, -0.25) is 0 Å². The zero-order valence-corrected chi connectivity index (χ0v) is 11.2. The summed E-state index contributed by atoms with van der Waals surface area (Å²) in [6.45, 7) is 5.36. The molecule has 104 valence electrons. The topological polar surface area (TPSA) is 41.3 Å². The molecule has 3 nitrogen and oxygen atoms in total. The van der Waals surface area contributed by atoms with Crippen LogP contribution in [0.3, 0.4) is 0 Å². The zero-order chi connectivity index (χ0) is 14.0. The molecular formula is C14H19F2N3. The van der Waals surface area contributed by atoms with E-state index in [1.807, 2.05) is 24.8 Å². The van der Waals surface area contributed by atoms with Crippen LogP contribution in [0.15, 0.2) is 30.1 Å². The lowest BCUT2D eigenvalue weighted by Crippen LogP contribution is -2.36. The summed E-state index contributed by atoms with van der Waals surface area (Å²) in [6.07, 6.45) is 1.94. The molecule has 0 aromatic heterocycles. The van der Waals surface area contributed by atoms with Crippen LogP contribution in [0.25, 0.3) is 0 Å². The molecule has 0 saturated heterocycles. The summed E-state index contributed by atoms with van der Waals surface area (Å²) in [7, 11) is 0. The fourth-order valence-corrected chi connectivity index (χ4v) is 2.29. The van der Waals surface area contributed by atoms with Crippen molar-refractivity contribution in [1.29, 1.82) is 0 Å². The molecule has 0 radical (unpaired) electrons. The first-order valence-corrected chi connectivity index (χ1v) is 6.40. The maximum absolute atomic E-state index is 13.9. The number of rotatable bonds is 4. The fourth-order valence-electron chi connectivity index (χ4n) is 2.29. The number of nitrogens with one attached hydrogen (secondary N) is 1. The molecule has 0 saturated carbocycles. The van der Waals surface area contributed by atoms with Gasteiger partial charge in [0.05, 0.1) is 11.5 Å². The Morgan fingerprint density at radius 3 is 2.68 bits per heavy atom. The number of nitrogens with zero attached hydrogens (tertiary/aromatic N) is 1. The highest BCUT2D eigenvalue weighted by Crippen LogP contribution is 2.24. The van der Waals surface area contributed by atoms with Gasteiger partial charge >= 0.3 is 0 Å². The number of hydrogen-bond acceptors (Lipinski definition) is 3. The van der Waals surface area contributed by atoms with Crippen molar-refractivity contribution in [2.24, 2.45) is 11.7 Å². The minimum atomic E-state index is -0.559. The fraction of sp³-hybridized carbons (Fsp3) is 0.429. The molecule has 0 unspecified atom stereocenters. The third-order valence-electron chi connectivity index (χ3n) is 3.26. The monoisotopic (exact) mass is 267 g/mol. The lowest BCUT2D eigenvalue weighted by molar-refractivity contribution is 0.546. The summed E-state index contributed by atoms with van der Waals surface area (Å²) in [5.41, 5.74) is 6.10. The third-order valence-corrected chi connectivity index (χ3v) is 3.26. The molecule has 2 rings (SSSR count). The third kappa shape index (κ3) is 3.16. The molecule has 1 atom stereocenters. The second-order valence-electron chi connectivity index (χ2n) is 5.10. The molecule has 19 heavy (non-hydrogen) atoms. The standard InChI is InChI=1S/C14H19F2N3/c1-9(2)19(8-10-5-14(17)18-7-10)13-4-3-11(15)6-12(13)16/h3-6,9-10,18H,7-8,17H2,1-2H3/t10-/m0/s1. The van der Waals surface area contributed by atoms with Gasteiger partial charge in [-0.15, -0.1) is 0 Å². The minimum Gasteiger partial charge on any atom is -0.386 e. The first kappa shape index (κ1) is 13.6. The Morgan fingerprint density at radius 2 is 2.16 bits per heavy atom. The number of hydrogen-bond donors (Lipinski definition) is 2. The first-order chi connectivity index (χ1) is 8.97. The van der Waals surface area contributed by atoms with Crippen LogP contribution in [0.4, 0.5) is 14.5 Å². The van der Waals surface area contributed by atoms with E-state index in [-0.39, 0.29) is 12.0 Å². The highest BCUT2D eigenvalue weighted by atomic mass is 19.1. The molecule has 1 aromatic rings. The normalized spacial score (nSPS) is 18.4. The average Bonchev–Trinajstić information content (AvgIpc) is 2.72. The maximum atomic E-state index is 13.9. The van der Waals surface area contributed by atoms with Crippen LogP contribution in [0.1, 0.15) is 13.8 Å². The van der Waals surface area contributed by atoms with E-state index in [9.17, 15) is 8.78 Å². The van der Waals surface area contributed by atoms with Gasteiger partial charge in [-0.1, -0.05) is 0 Å². The molecule has 0 amide bonds. The molecule has 0 fully saturated rings. The van der Waals surface area contributed by atoms with E-state index in [0.29, 0.717) is 18.1 Å². The van der Waals surface area contributed by atoms with Crippen molar-refractivity contribution in [2.75, 3.05) is 18.0 Å². The van der Waals surface area contributed by atoms with E-state index in [0.717, 1.165) is 12.6 Å². The zero-order valence-electron chi connectivity index (χ0n) is 11.2. The van der Waals surface area contributed by atoms with Crippen molar-refractivity contribution in [1.82, 2.24) is 5.32 Å². The van der Waals surface area contributed by atoms with Crippen molar-refractivity contribution in [3.8, 4) is 0 Å². The van der Waals surface area contributed by atoms with Crippen LogP contribution >= 0.6 is 0 Å². The number of benzene rings is 1. The van der Waals surface area contributed by atoms with Crippen molar-refractivity contribution in [3.05, 3.63) is 41.7 Å². The van der Waals surface area contributed by atoms with E-state index in [4.69, 9.17) is 5.73 Å². The number of anilines is 1. The number of halogens is 2. The molecule has 0 spiro atoms. The second-order valence-corrected chi connectivity index (χ2v) is 5.10. The van der Waals surface area contributed by atoms with Gasteiger partial charge < -0.3 is 16.0 Å². The van der Waals surface area contributed by atoms with Crippen LogP contribution in [0.5, 0.6) is 0 Å². The lowest BCUT2D eigenvalue weighted by Gasteiger charge is -2.31. The predicted octanol–water partition coefficient (Wildman–Crippen LogP) is 2.20. The summed E-state index contributed by atoms with van der Waals surface area (Å²) in [5.74, 6) is -0.201. The van der Waals surface area contributed by atoms with Gasteiger partial charge in [-0.25, -0.2) is 8.78 Å². The van der Waals surface area contributed by atoms with E-state index < -0.39 is 11.6 Å². The molecule has 5 heteroatoms. The van der Waals surface area contributed by atoms with Gasteiger partial charge in [-0.2, -0.15) is 0 Å². The Labute approximate surface area is 112 Å². The molecule has 3 N–H and O–H groups in total. The van der Waals surface area contributed by atoms with Crippen LogP contribution in [-0.4, -0.2) is 19.1 Å². The molecule has 0 bridgehead atoms. The van der Waals surface area contributed by atoms with Gasteiger partial charge in [-0.05, 0) is 32.1 Å². The van der Waals surface area contributed by atoms with Crippen molar-refractivity contribution in [3.63, 3.8) is 0 Å². The Kier molecular flexibility index (Phi) is 3.93. The quantitative estimate of drug-likeness (QED) is 0.878. The molecule has 1 aliphatic heterocycles. The summed E-state index contributed by atoms with van der Waals surface area (Å²) in [6, 6.07) is 3.81. The van der Waals surface area contributed by atoms with Crippen LogP contribution in [0.2, 0.25) is 0 Å². The Morgan fingerprint density at radius 1 is 1.42 bits per heavy atom. The van der Waals surface area contributed by atoms with E-state index in [2.05, 4.69) is 5.32 Å². The Balaban J connectivity index is 2.20. The summed E-state index contributed by atoms with van der Waals surface area (Å²) >= 11 is 0. The maximum Gasteiger partial charge on any atom is 0.149 e. The van der Waals surface area contributed by atoms with E-state index in [1.54, 1.807) is 0 Å². The molecular weight excluding hydrogens is 248 g/mol. The van der Waals surface area contributed by atoms with Crippen LogP contribution in [-0.2, 0) is 0 Å². The lowest BCUT2D eigenvalue weighted by atomic mass is 10.1. The smallest absolute Gasteiger partial charge is 0.149 e. The average molecular weight is 267 g/mol. The highest BCUT2D eigenvalue weighted by Gasteiger charge is 2.21. The minimum absolute atomic E-state index is 0.121. The van der Waals surface area contributed by atoms with Crippen molar-refractivity contribution in [2.45, 2.75) is 19.9 Å². The van der Waals surface area contributed by atoms with Gasteiger partial charge in [0, 0.05) is 31.1 Å². The number of nitrogens with two attached hydrogens (primary N) is 1. The van der Waals surface area contributed by atoms with Crippen molar-refractivity contribution < 1.29 is 8.78 Å². The Hall–Kier alpha value is -1.78. The van der Waals surface area contributed by atoms with Crippen LogP contribution in [0, 0.1) is 17.6 Å². The van der Waals surface area contributed by atoms with E-state index in [1.165, 1.54) is 12.1 Å². The largest absolute Gasteiger partial charge is 0.386 e. The van der Waals surface area contributed by atoms with E-state index >= 15 is 0 Å². The molecule has 1 heterocycles. The summed E-state index contributed by atoms with van der Waals surface area (Å²) in [4.78, 5) is 1.93. The molecule has 1 aromatic carbocycles. The van der Waals surface area contributed by atoms with Crippen LogP contribution < -0.4 is 16.0 Å². The van der Waals surface area contributed by atoms with Gasteiger partial charge in [0.2, 0.25) is 0 Å². The Bertz CT molecular complexity index is 486. The first-order valence-electron chi connectivity index (χ1n) is 6.40. The van der Waals surface area contributed by atoms with Gasteiger partial charge in [0.1, 0.15) is 11.6 Å². The molecule has 1 aliphatic rings. The summed E-state index contributed by atoms with van der Waals surface area (Å²) < 4.78 is 26.8. The summed E-state index contributed by atoms with van der Waals surface area (Å²) in [5, 5.41) is 3.05. The molecule has 0 aliphatic carbocycles. The van der Waals surface area contributed by atoms with Gasteiger partial charge in [0.25, 0.3) is 0 Å². The highest BCUT2D eigenvalue weighted by molar-refractivity contribution is 5.49. The van der Waals surface area contributed by atoms with Crippen molar-refractivity contribution >= 4 is 5.69 Å². The second kappa shape index (κ2) is 5.47. The predicted molar refractivity (Wildman–Crippen MR) is 72.6 cm³/mol. The SMILES string of the molecule is CC(C)N(C[C@H]1C=C(N)NC1)c1ccc(F)cc1F.